The van der Waals surface area contributed by atoms with Crippen LogP contribution in [0.4, 0.5) is 0 Å². The number of rotatable bonds is 7. The van der Waals surface area contributed by atoms with Gasteiger partial charge in [0.1, 0.15) is 4.21 Å². The van der Waals surface area contributed by atoms with E-state index in [0.717, 1.165) is 46.2 Å². The van der Waals surface area contributed by atoms with Crippen LogP contribution in [0.3, 0.4) is 0 Å². The number of hydrogen-bond donors (Lipinski definition) is 1. The zero-order valence-corrected chi connectivity index (χ0v) is 17.8. The van der Waals surface area contributed by atoms with E-state index in [4.69, 9.17) is 5.14 Å². The predicted octanol–water partition coefficient (Wildman–Crippen LogP) is 4.80. The van der Waals surface area contributed by atoms with Crippen LogP contribution in [0.2, 0.25) is 0 Å². The summed E-state index contributed by atoms with van der Waals surface area (Å²) in [4.78, 5) is 1.05. The van der Waals surface area contributed by atoms with Gasteiger partial charge in [0.25, 0.3) is 0 Å². The van der Waals surface area contributed by atoms with Crippen molar-refractivity contribution in [1.82, 2.24) is 9.78 Å². The molecule has 0 amide bonds. The van der Waals surface area contributed by atoms with E-state index in [2.05, 4.69) is 18.1 Å². The fraction of sp³-hybridized carbons (Fsp3) is 0.227. The molecule has 0 spiro atoms. The van der Waals surface area contributed by atoms with Crippen LogP contribution in [0.5, 0.6) is 0 Å². The van der Waals surface area contributed by atoms with Crippen molar-refractivity contribution < 1.29 is 8.42 Å². The summed E-state index contributed by atoms with van der Waals surface area (Å²) >= 11 is 1.28. The van der Waals surface area contributed by atoms with Crippen molar-refractivity contribution in [2.24, 2.45) is 5.14 Å². The van der Waals surface area contributed by atoms with E-state index in [1.54, 1.807) is 0 Å². The lowest BCUT2D eigenvalue weighted by atomic mass is 10.1. The molecule has 0 radical (unpaired) electrons. The van der Waals surface area contributed by atoms with E-state index in [9.17, 15) is 8.42 Å². The van der Waals surface area contributed by atoms with Crippen LogP contribution in [0.15, 0.2) is 65.0 Å². The van der Waals surface area contributed by atoms with E-state index in [1.165, 1.54) is 11.3 Å². The second-order valence-corrected chi connectivity index (χ2v) is 10.0. The number of unbranched alkanes of at least 4 members (excludes halogenated alkanes) is 1. The highest BCUT2D eigenvalue weighted by Crippen LogP contribution is 2.35. The zero-order valence-electron chi connectivity index (χ0n) is 16.2. The number of hydrogen-bond acceptors (Lipinski definition) is 4. The third-order valence-corrected chi connectivity index (χ3v) is 7.61. The summed E-state index contributed by atoms with van der Waals surface area (Å²) in [6, 6.07) is 18.0. The highest BCUT2D eigenvalue weighted by atomic mass is 32.2. The van der Waals surface area contributed by atoms with Crippen molar-refractivity contribution in [3.8, 4) is 11.1 Å². The molecule has 0 aliphatic heterocycles. The predicted molar refractivity (Wildman–Crippen MR) is 119 cm³/mol. The fourth-order valence-electron chi connectivity index (χ4n) is 3.42. The number of primary sulfonamides is 1. The maximum absolute atomic E-state index is 12.1. The molecule has 0 saturated carbocycles. The Labute approximate surface area is 174 Å². The second kappa shape index (κ2) is 8.10. The maximum Gasteiger partial charge on any atom is 0.248 e. The van der Waals surface area contributed by atoms with Crippen molar-refractivity contribution in [2.75, 3.05) is 0 Å². The average Bonchev–Trinajstić information content (AvgIpc) is 3.32. The molecule has 5 nitrogen and oxygen atoms in total. The molecule has 0 bridgehead atoms. The Hall–Kier alpha value is -2.48. The molecule has 0 atom stereocenters. The Kier molecular flexibility index (Phi) is 5.54. The van der Waals surface area contributed by atoms with Crippen molar-refractivity contribution in [3.05, 3.63) is 71.2 Å². The van der Waals surface area contributed by atoms with Gasteiger partial charge in [-0.25, -0.2) is 13.6 Å². The van der Waals surface area contributed by atoms with E-state index < -0.39 is 10.0 Å². The van der Waals surface area contributed by atoms with Crippen LogP contribution in [0, 0.1) is 0 Å². The van der Waals surface area contributed by atoms with E-state index >= 15 is 0 Å². The first-order valence-corrected chi connectivity index (χ1v) is 12.0. The normalized spacial score (nSPS) is 11.9. The molecule has 7 heteroatoms. The molecule has 0 unspecified atom stereocenters. The Bertz CT molecular complexity index is 1240. The minimum Gasteiger partial charge on any atom is -0.260 e. The molecule has 0 fully saturated rings. The lowest BCUT2D eigenvalue weighted by Gasteiger charge is -2.06. The maximum atomic E-state index is 12.1. The lowest BCUT2D eigenvalue weighted by molar-refractivity contribution is 0.600. The summed E-state index contributed by atoms with van der Waals surface area (Å²) in [5.41, 5.74) is 3.74. The quantitative estimate of drug-likeness (QED) is 0.462. The molecule has 29 heavy (non-hydrogen) atoms. The van der Waals surface area contributed by atoms with Crippen LogP contribution >= 0.6 is 11.3 Å². The molecule has 4 aromatic rings. The van der Waals surface area contributed by atoms with Crippen LogP contribution < -0.4 is 5.14 Å². The summed E-state index contributed by atoms with van der Waals surface area (Å²) in [7, 11) is -3.76. The van der Waals surface area contributed by atoms with Gasteiger partial charge in [0.15, 0.2) is 0 Å². The fourth-order valence-corrected chi connectivity index (χ4v) is 5.64. The SMILES string of the molecule is CCCCc1cc(-c2ccc(Cn3ncc4ccccc43)cc2)c(S(N)(=O)=O)s1. The van der Waals surface area contributed by atoms with E-state index in [0.29, 0.717) is 12.1 Å². The van der Waals surface area contributed by atoms with E-state index in [1.807, 2.05) is 59.4 Å². The number of para-hydroxylation sites is 1. The molecule has 2 heterocycles. The number of thiophene rings is 1. The van der Waals surface area contributed by atoms with Crippen molar-refractivity contribution >= 4 is 32.3 Å². The average molecular weight is 426 g/mol. The van der Waals surface area contributed by atoms with Crippen LogP contribution in [0.1, 0.15) is 30.2 Å². The third kappa shape index (κ3) is 4.27. The summed E-state index contributed by atoms with van der Waals surface area (Å²) in [6.45, 7) is 2.78. The monoisotopic (exact) mass is 425 g/mol. The first-order valence-electron chi connectivity index (χ1n) is 9.61. The zero-order chi connectivity index (χ0) is 20.4. The molecule has 4 rings (SSSR count). The number of nitrogens with two attached hydrogens (primary N) is 1. The van der Waals surface area contributed by atoms with Gasteiger partial charge < -0.3 is 0 Å². The minimum atomic E-state index is -3.76. The molecule has 150 valence electrons. The summed E-state index contributed by atoms with van der Waals surface area (Å²) in [5, 5.41) is 11.1. The van der Waals surface area contributed by atoms with E-state index in [-0.39, 0.29) is 4.21 Å². The Morgan fingerprint density at radius 2 is 1.86 bits per heavy atom. The van der Waals surface area contributed by atoms with Gasteiger partial charge in [0, 0.05) is 15.8 Å². The second-order valence-electron chi connectivity index (χ2n) is 7.12. The van der Waals surface area contributed by atoms with Gasteiger partial charge in [-0.15, -0.1) is 11.3 Å². The van der Waals surface area contributed by atoms with Gasteiger partial charge in [-0.05, 0) is 36.1 Å². The van der Waals surface area contributed by atoms with Gasteiger partial charge in [-0.2, -0.15) is 5.10 Å². The number of benzene rings is 2. The molecule has 0 aliphatic rings. The molecule has 0 saturated heterocycles. The molecule has 2 N–H and O–H groups in total. The van der Waals surface area contributed by atoms with Crippen LogP contribution in [-0.4, -0.2) is 18.2 Å². The number of sulfonamides is 1. The summed E-state index contributed by atoms with van der Waals surface area (Å²) in [6.07, 6.45) is 4.83. The lowest BCUT2D eigenvalue weighted by Crippen LogP contribution is -2.11. The van der Waals surface area contributed by atoms with Gasteiger partial charge in [-0.3, -0.25) is 4.68 Å². The van der Waals surface area contributed by atoms with Crippen molar-refractivity contribution in [3.63, 3.8) is 0 Å². The molecular formula is C22H23N3O2S2. The number of aromatic nitrogens is 2. The molecule has 0 aliphatic carbocycles. The van der Waals surface area contributed by atoms with Crippen LogP contribution in [-0.2, 0) is 23.0 Å². The number of aryl methyl sites for hydroxylation is 1. The minimum absolute atomic E-state index is 0.245. The summed E-state index contributed by atoms with van der Waals surface area (Å²) < 4.78 is 26.4. The largest absolute Gasteiger partial charge is 0.260 e. The van der Waals surface area contributed by atoms with Gasteiger partial charge in [0.05, 0.1) is 18.3 Å². The standard InChI is InChI=1S/C22H23N3O2S2/c1-2-3-7-19-13-20(22(28-19)29(23,26)27)17-11-9-16(10-12-17)15-25-21-8-5-4-6-18(21)14-24-25/h4-6,8-14H,2-3,7,15H2,1H3,(H2,23,26,27). The highest BCUT2D eigenvalue weighted by molar-refractivity contribution is 7.91. The topological polar surface area (TPSA) is 78.0 Å². The summed E-state index contributed by atoms with van der Waals surface area (Å²) in [5.74, 6) is 0. The Balaban J connectivity index is 1.63. The van der Waals surface area contributed by atoms with Gasteiger partial charge in [0.2, 0.25) is 10.0 Å². The first-order chi connectivity index (χ1) is 14.0. The van der Waals surface area contributed by atoms with Crippen molar-refractivity contribution in [2.45, 2.75) is 36.9 Å². The smallest absolute Gasteiger partial charge is 0.248 e. The van der Waals surface area contributed by atoms with Gasteiger partial charge in [-0.1, -0.05) is 55.8 Å². The number of nitrogens with zero attached hydrogens (tertiary/aromatic N) is 2. The molecular weight excluding hydrogens is 402 g/mol. The number of fused-ring (bicyclic) bond motifs is 1. The third-order valence-electron chi connectivity index (χ3n) is 4.93. The van der Waals surface area contributed by atoms with Gasteiger partial charge >= 0.3 is 0 Å². The van der Waals surface area contributed by atoms with Crippen molar-refractivity contribution in [1.29, 1.82) is 0 Å². The van der Waals surface area contributed by atoms with Crippen LogP contribution in [0.25, 0.3) is 22.0 Å². The highest BCUT2D eigenvalue weighted by Gasteiger charge is 2.20. The Morgan fingerprint density at radius 1 is 1.10 bits per heavy atom. The molecule has 2 aromatic heterocycles. The molecule has 2 aromatic carbocycles. The first kappa shape index (κ1) is 19.8. The Morgan fingerprint density at radius 3 is 2.59 bits per heavy atom.